The molecule has 1 aliphatic carbocycles. The Labute approximate surface area is 211 Å². The van der Waals surface area contributed by atoms with Crippen molar-refractivity contribution in [2.24, 2.45) is 11.8 Å². The standard InChI is InChI=1S/C26H34ClN3O5/c1-15(31)10-18-6-9-23(35-3)21(11-18)16(2)30-24-22(27)12-20(14-28-24)25(32)29-13-17-4-7-19(8-5-17)26(33)34/h6,9,11-12,14-17,19,31H,4-5,7-8,10,13H2,1-3H3,(H,28,30)(H,29,32)(H,33,34)/t15?,16-,17-,19-/m0/s1. The molecule has 35 heavy (non-hydrogen) atoms. The number of nitrogens with one attached hydrogen (secondary N) is 2. The van der Waals surface area contributed by atoms with Gasteiger partial charge in [-0.3, -0.25) is 9.59 Å². The van der Waals surface area contributed by atoms with E-state index in [-0.39, 0.29) is 23.8 Å². The van der Waals surface area contributed by atoms with E-state index in [9.17, 15) is 14.7 Å². The van der Waals surface area contributed by atoms with Gasteiger partial charge in [0, 0.05) is 18.3 Å². The molecule has 1 saturated carbocycles. The molecular weight excluding hydrogens is 470 g/mol. The number of carbonyl (C=O) groups is 2. The van der Waals surface area contributed by atoms with Crippen molar-refractivity contribution in [1.29, 1.82) is 0 Å². The molecule has 1 aromatic carbocycles. The summed E-state index contributed by atoms with van der Waals surface area (Å²) in [7, 11) is 1.61. The van der Waals surface area contributed by atoms with Gasteiger partial charge < -0.3 is 25.6 Å². The molecule has 0 spiro atoms. The lowest BCUT2D eigenvalue weighted by molar-refractivity contribution is -0.143. The molecule has 0 radical (unpaired) electrons. The number of carboxylic acids is 1. The molecule has 1 heterocycles. The fourth-order valence-electron chi connectivity index (χ4n) is 4.49. The minimum absolute atomic E-state index is 0.190. The number of aromatic nitrogens is 1. The zero-order valence-electron chi connectivity index (χ0n) is 20.4. The lowest BCUT2D eigenvalue weighted by Crippen LogP contribution is -2.32. The Morgan fingerprint density at radius 3 is 2.51 bits per heavy atom. The van der Waals surface area contributed by atoms with Crippen LogP contribution >= 0.6 is 11.6 Å². The summed E-state index contributed by atoms with van der Waals surface area (Å²) < 4.78 is 5.50. The van der Waals surface area contributed by atoms with Crippen LogP contribution in [0.15, 0.2) is 30.5 Å². The van der Waals surface area contributed by atoms with E-state index < -0.39 is 12.1 Å². The summed E-state index contributed by atoms with van der Waals surface area (Å²) in [6.45, 7) is 4.21. The molecular formula is C26H34ClN3O5. The van der Waals surface area contributed by atoms with Crippen molar-refractivity contribution in [3.63, 3.8) is 0 Å². The van der Waals surface area contributed by atoms with Gasteiger partial charge in [-0.2, -0.15) is 0 Å². The number of methoxy groups -OCH3 is 1. The van der Waals surface area contributed by atoms with Gasteiger partial charge in [-0.25, -0.2) is 4.98 Å². The SMILES string of the molecule is COc1ccc(CC(C)O)cc1[C@H](C)Nc1ncc(C(=O)NC[C@H]2CC[C@H](C(=O)O)CC2)cc1Cl. The Morgan fingerprint density at radius 2 is 1.91 bits per heavy atom. The van der Waals surface area contributed by atoms with Crippen LogP contribution in [0.25, 0.3) is 0 Å². The van der Waals surface area contributed by atoms with E-state index in [2.05, 4.69) is 15.6 Å². The highest BCUT2D eigenvalue weighted by Crippen LogP contribution is 2.31. The molecule has 1 aliphatic rings. The third-order valence-corrected chi connectivity index (χ3v) is 6.78. The lowest BCUT2D eigenvalue weighted by Gasteiger charge is -2.26. The van der Waals surface area contributed by atoms with Gasteiger partial charge in [-0.1, -0.05) is 17.7 Å². The molecule has 190 valence electrons. The number of ether oxygens (including phenoxy) is 1. The normalized spacial score (nSPS) is 19.5. The summed E-state index contributed by atoms with van der Waals surface area (Å²) in [6, 6.07) is 7.19. The molecule has 0 bridgehead atoms. The molecule has 2 atom stereocenters. The number of anilines is 1. The van der Waals surface area contributed by atoms with Crippen LogP contribution in [-0.4, -0.2) is 46.8 Å². The van der Waals surface area contributed by atoms with Gasteiger partial charge in [-0.05, 0) is 75.6 Å². The van der Waals surface area contributed by atoms with E-state index in [1.54, 1.807) is 20.1 Å². The first-order valence-electron chi connectivity index (χ1n) is 12.0. The van der Waals surface area contributed by atoms with E-state index >= 15 is 0 Å². The van der Waals surface area contributed by atoms with Crippen molar-refractivity contribution in [2.45, 2.75) is 58.1 Å². The maximum absolute atomic E-state index is 12.6. The lowest BCUT2D eigenvalue weighted by atomic mass is 9.82. The number of aliphatic hydroxyl groups excluding tert-OH is 1. The third-order valence-electron chi connectivity index (χ3n) is 6.50. The third kappa shape index (κ3) is 7.32. The molecule has 0 aliphatic heterocycles. The first kappa shape index (κ1) is 26.8. The van der Waals surface area contributed by atoms with Gasteiger partial charge in [0.05, 0.1) is 35.8 Å². The van der Waals surface area contributed by atoms with E-state index in [1.165, 1.54) is 6.20 Å². The van der Waals surface area contributed by atoms with Crippen LogP contribution < -0.4 is 15.4 Å². The van der Waals surface area contributed by atoms with Crippen molar-refractivity contribution in [3.05, 3.63) is 52.2 Å². The Kier molecular flexibility index (Phi) is 9.34. The number of aliphatic carboxylic acids is 1. The van der Waals surface area contributed by atoms with E-state index in [1.807, 2.05) is 25.1 Å². The van der Waals surface area contributed by atoms with Crippen LogP contribution in [0.1, 0.15) is 67.1 Å². The fraction of sp³-hybridized carbons (Fsp3) is 0.500. The number of carboxylic acid groups (broad SMARTS) is 1. The van der Waals surface area contributed by atoms with Crippen molar-refractivity contribution < 1.29 is 24.5 Å². The van der Waals surface area contributed by atoms with Crippen LogP contribution in [0, 0.1) is 11.8 Å². The molecule has 1 amide bonds. The van der Waals surface area contributed by atoms with Crippen LogP contribution in [0.4, 0.5) is 5.82 Å². The van der Waals surface area contributed by atoms with Crippen molar-refractivity contribution >= 4 is 29.3 Å². The number of amides is 1. The van der Waals surface area contributed by atoms with E-state index in [0.29, 0.717) is 48.0 Å². The Hall–Kier alpha value is -2.84. The fourth-order valence-corrected chi connectivity index (χ4v) is 4.71. The molecule has 8 nitrogen and oxygen atoms in total. The van der Waals surface area contributed by atoms with Crippen LogP contribution in [-0.2, 0) is 11.2 Å². The van der Waals surface area contributed by atoms with Crippen molar-refractivity contribution in [3.8, 4) is 5.75 Å². The molecule has 0 saturated heterocycles. The summed E-state index contributed by atoms with van der Waals surface area (Å²) in [6.07, 6.45) is 4.45. The minimum Gasteiger partial charge on any atom is -0.496 e. The zero-order valence-corrected chi connectivity index (χ0v) is 21.1. The number of hydrogen-bond donors (Lipinski definition) is 4. The molecule has 3 rings (SSSR count). The average molecular weight is 504 g/mol. The average Bonchev–Trinajstić information content (AvgIpc) is 2.83. The van der Waals surface area contributed by atoms with E-state index in [4.69, 9.17) is 21.4 Å². The number of benzene rings is 1. The van der Waals surface area contributed by atoms with Crippen LogP contribution in [0.2, 0.25) is 5.02 Å². The Morgan fingerprint density at radius 1 is 1.20 bits per heavy atom. The van der Waals surface area contributed by atoms with Gasteiger partial charge in [0.15, 0.2) is 0 Å². The molecule has 1 aromatic heterocycles. The number of hydrogen-bond acceptors (Lipinski definition) is 6. The molecule has 4 N–H and O–H groups in total. The number of halogens is 1. The quantitative estimate of drug-likeness (QED) is 0.377. The van der Waals surface area contributed by atoms with Crippen molar-refractivity contribution in [2.75, 3.05) is 19.0 Å². The number of carbonyl (C=O) groups excluding carboxylic acids is 1. The van der Waals surface area contributed by atoms with Gasteiger partial charge in [0.25, 0.3) is 5.91 Å². The first-order valence-corrected chi connectivity index (χ1v) is 12.3. The smallest absolute Gasteiger partial charge is 0.306 e. The first-order chi connectivity index (χ1) is 16.7. The molecule has 1 unspecified atom stereocenters. The largest absolute Gasteiger partial charge is 0.496 e. The maximum Gasteiger partial charge on any atom is 0.306 e. The van der Waals surface area contributed by atoms with E-state index in [0.717, 1.165) is 24.0 Å². The maximum atomic E-state index is 12.6. The second-order valence-electron chi connectivity index (χ2n) is 9.32. The van der Waals surface area contributed by atoms with Gasteiger partial charge in [0.2, 0.25) is 0 Å². The highest BCUT2D eigenvalue weighted by molar-refractivity contribution is 6.33. The second-order valence-corrected chi connectivity index (χ2v) is 9.72. The summed E-state index contributed by atoms with van der Waals surface area (Å²) in [4.78, 5) is 28.1. The molecule has 9 heteroatoms. The topological polar surface area (TPSA) is 121 Å². The monoisotopic (exact) mass is 503 g/mol. The second kappa shape index (κ2) is 12.2. The van der Waals surface area contributed by atoms with Gasteiger partial charge in [0.1, 0.15) is 11.6 Å². The predicted molar refractivity (Wildman–Crippen MR) is 135 cm³/mol. The summed E-state index contributed by atoms with van der Waals surface area (Å²) in [5.41, 5.74) is 2.26. The van der Waals surface area contributed by atoms with Crippen LogP contribution in [0.5, 0.6) is 5.75 Å². The summed E-state index contributed by atoms with van der Waals surface area (Å²) >= 11 is 6.45. The summed E-state index contributed by atoms with van der Waals surface area (Å²) in [5.74, 6) is 0.177. The predicted octanol–water partition coefficient (Wildman–Crippen LogP) is 4.46. The van der Waals surface area contributed by atoms with Crippen molar-refractivity contribution in [1.82, 2.24) is 10.3 Å². The molecule has 2 aromatic rings. The molecule has 1 fully saturated rings. The number of aliphatic hydroxyl groups is 1. The highest BCUT2D eigenvalue weighted by Gasteiger charge is 2.26. The van der Waals surface area contributed by atoms with Gasteiger partial charge >= 0.3 is 5.97 Å². The van der Waals surface area contributed by atoms with Gasteiger partial charge in [-0.15, -0.1) is 0 Å². The Balaban J connectivity index is 1.61. The summed E-state index contributed by atoms with van der Waals surface area (Å²) in [5, 5.41) is 25.4. The number of pyridine rings is 1. The number of nitrogens with zero attached hydrogens (tertiary/aromatic N) is 1. The highest BCUT2D eigenvalue weighted by atomic mass is 35.5. The minimum atomic E-state index is -0.734. The zero-order chi connectivity index (χ0) is 25.5. The number of rotatable bonds is 10. The van der Waals surface area contributed by atoms with Crippen LogP contribution in [0.3, 0.4) is 0 Å². The Bertz CT molecular complexity index is 1040.